The number of rotatable bonds is 4. The van der Waals surface area contributed by atoms with Crippen LogP contribution in [-0.4, -0.2) is 10.8 Å². The van der Waals surface area contributed by atoms with Gasteiger partial charge in [-0.15, -0.1) is 11.6 Å². The molecule has 2 aromatic carbocycles. The van der Waals surface area contributed by atoms with Crippen molar-refractivity contribution >= 4 is 17.6 Å². The van der Waals surface area contributed by atoms with E-state index in [2.05, 4.69) is 36.4 Å². The van der Waals surface area contributed by atoms with Crippen LogP contribution in [0, 0.1) is 17.3 Å². The molecule has 4 saturated carbocycles. The van der Waals surface area contributed by atoms with Crippen LogP contribution in [0.3, 0.4) is 0 Å². The first-order valence-corrected chi connectivity index (χ1v) is 10.4. The van der Waals surface area contributed by atoms with Gasteiger partial charge in [0.15, 0.2) is 0 Å². The third-order valence-corrected chi connectivity index (χ3v) is 7.30. The second-order valence-corrected chi connectivity index (χ2v) is 9.83. The summed E-state index contributed by atoms with van der Waals surface area (Å²) in [4.78, 5) is 12.9. The van der Waals surface area contributed by atoms with Gasteiger partial charge in [0.1, 0.15) is 6.61 Å². The number of carbonyl (C=O) groups excluding carboxylic acids is 1. The van der Waals surface area contributed by atoms with Gasteiger partial charge in [-0.25, -0.2) is 0 Å². The minimum Gasteiger partial charge on any atom is -0.460 e. The molecule has 0 saturated heterocycles. The molecular formula is C24H25ClO2. The smallest absolute Gasteiger partial charge is 0.312 e. The molecule has 4 aliphatic rings. The van der Waals surface area contributed by atoms with Gasteiger partial charge in [-0.05, 0) is 67.1 Å². The van der Waals surface area contributed by atoms with Crippen molar-refractivity contribution in [3.63, 3.8) is 0 Å². The molecule has 2 unspecified atom stereocenters. The SMILES string of the molecule is O=C(OCc1ccc(-c2ccccc2)cc1)C12C[C@@H]3C[C@@H](CC(Cl)(C3)C1)C2. The molecule has 4 atom stereocenters. The van der Waals surface area contributed by atoms with E-state index in [1.807, 2.05) is 18.2 Å². The number of halogens is 1. The third-order valence-electron chi connectivity index (χ3n) is 6.85. The number of benzene rings is 2. The van der Waals surface area contributed by atoms with Crippen molar-refractivity contribution in [1.29, 1.82) is 0 Å². The first kappa shape index (κ1) is 17.3. The fourth-order valence-electron chi connectivity index (χ4n) is 6.12. The Morgan fingerprint density at radius 2 is 1.56 bits per heavy atom. The molecule has 0 amide bonds. The summed E-state index contributed by atoms with van der Waals surface area (Å²) in [6.45, 7) is 0.347. The molecule has 3 heteroatoms. The lowest BCUT2D eigenvalue weighted by molar-refractivity contribution is -0.171. The van der Waals surface area contributed by atoms with Gasteiger partial charge in [0.25, 0.3) is 0 Å². The van der Waals surface area contributed by atoms with Crippen molar-refractivity contribution in [1.82, 2.24) is 0 Å². The third kappa shape index (κ3) is 3.18. The molecule has 4 bridgehead atoms. The second-order valence-electron chi connectivity index (χ2n) is 9.03. The second kappa shape index (κ2) is 6.38. The van der Waals surface area contributed by atoms with Crippen molar-refractivity contribution in [2.24, 2.45) is 17.3 Å². The van der Waals surface area contributed by atoms with Crippen LogP contribution in [0.2, 0.25) is 0 Å². The first-order chi connectivity index (χ1) is 13.0. The summed E-state index contributed by atoms with van der Waals surface area (Å²) < 4.78 is 5.81. The van der Waals surface area contributed by atoms with Crippen molar-refractivity contribution in [2.75, 3.05) is 0 Å². The summed E-state index contributed by atoms with van der Waals surface area (Å²) in [6.07, 6.45) is 6.18. The zero-order valence-corrected chi connectivity index (χ0v) is 16.3. The van der Waals surface area contributed by atoms with Crippen molar-refractivity contribution in [2.45, 2.75) is 50.0 Å². The van der Waals surface area contributed by atoms with E-state index in [1.54, 1.807) is 0 Å². The highest BCUT2D eigenvalue weighted by Crippen LogP contribution is 2.64. The number of hydrogen-bond acceptors (Lipinski definition) is 2. The van der Waals surface area contributed by atoms with Gasteiger partial charge in [0.2, 0.25) is 0 Å². The molecule has 2 aromatic rings. The van der Waals surface area contributed by atoms with Crippen molar-refractivity contribution in [3.05, 3.63) is 60.2 Å². The molecule has 4 aliphatic carbocycles. The Balaban J connectivity index is 1.26. The van der Waals surface area contributed by atoms with E-state index in [0.717, 1.165) is 37.7 Å². The van der Waals surface area contributed by atoms with Crippen LogP contribution in [0.15, 0.2) is 54.6 Å². The maximum atomic E-state index is 13.0. The average molecular weight is 381 g/mol. The average Bonchev–Trinajstić information content (AvgIpc) is 2.65. The van der Waals surface area contributed by atoms with Gasteiger partial charge in [0.05, 0.1) is 5.41 Å². The predicted molar refractivity (Wildman–Crippen MR) is 107 cm³/mol. The van der Waals surface area contributed by atoms with Crippen LogP contribution < -0.4 is 0 Å². The van der Waals surface area contributed by atoms with Gasteiger partial charge >= 0.3 is 5.97 Å². The molecule has 4 fully saturated rings. The number of carbonyl (C=O) groups is 1. The maximum Gasteiger partial charge on any atom is 0.312 e. The van der Waals surface area contributed by atoms with Crippen LogP contribution in [-0.2, 0) is 16.1 Å². The highest BCUT2D eigenvalue weighted by atomic mass is 35.5. The highest BCUT2D eigenvalue weighted by Gasteiger charge is 2.60. The molecule has 0 N–H and O–H groups in total. The van der Waals surface area contributed by atoms with Gasteiger partial charge in [-0.3, -0.25) is 4.79 Å². The molecule has 0 aliphatic heterocycles. The van der Waals surface area contributed by atoms with E-state index in [9.17, 15) is 4.79 Å². The van der Waals surface area contributed by atoms with Crippen molar-refractivity contribution < 1.29 is 9.53 Å². The van der Waals surface area contributed by atoms with E-state index in [0.29, 0.717) is 18.4 Å². The van der Waals surface area contributed by atoms with E-state index < -0.39 is 0 Å². The Hall–Kier alpha value is -1.80. The molecule has 0 aromatic heterocycles. The van der Waals surface area contributed by atoms with Gasteiger partial charge in [-0.1, -0.05) is 54.6 Å². The zero-order chi connectivity index (χ0) is 18.5. The highest BCUT2D eigenvalue weighted by molar-refractivity contribution is 6.24. The number of hydrogen-bond donors (Lipinski definition) is 0. The van der Waals surface area contributed by atoms with Crippen molar-refractivity contribution in [3.8, 4) is 11.1 Å². The summed E-state index contributed by atoms with van der Waals surface area (Å²) in [7, 11) is 0. The van der Waals surface area contributed by atoms with E-state index >= 15 is 0 Å². The van der Waals surface area contributed by atoms with Crippen LogP contribution in [0.4, 0.5) is 0 Å². The Bertz CT molecular complexity index is 828. The quantitative estimate of drug-likeness (QED) is 0.482. The summed E-state index contributed by atoms with van der Waals surface area (Å²) in [5.74, 6) is 1.21. The number of alkyl halides is 1. The molecule has 2 nitrogen and oxygen atoms in total. The van der Waals surface area contributed by atoms with Crippen LogP contribution >= 0.6 is 11.6 Å². The molecule has 6 rings (SSSR count). The predicted octanol–water partition coefficient (Wildman–Crippen LogP) is 5.97. The van der Waals surface area contributed by atoms with Gasteiger partial charge in [-0.2, -0.15) is 0 Å². The lowest BCUT2D eigenvalue weighted by Gasteiger charge is -2.58. The molecule has 0 heterocycles. The largest absolute Gasteiger partial charge is 0.460 e. The normalized spacial score (nSPS) is 33.8. The Labute approximate surface area is 165 Å². The molecule has 140 valence electrons. The molecule has 0 spiro atoms. The fourth-order valence-corrected chi connectivity index (χ4v) is 6.81. The van der Waals surface area contributed by atoms with E-state index in [1.165, 1.54) is 17.5 Å². The monoisotopic (exact) mass is 380 g/mol. The van der Waals surface area contributed by atoms with E-state index in [-0.39, 0.29) is 16.3 Å². The lowest BCUT2D eigenvalue weighted by Crippen LogP contribution is -2.56. The standard InChI is InChI=1S/C24H25ClO2/c25-24-13-18-10-19(14-24)12-23(11-18,16-24)22(26)27-15-17-6-8-21(9-7-17)20-4-2-1-3-5-20/h1-9,18-19H,10-16H2/t18-,19+,23?,24?. The van der Waals surface area contributed by atoms with Crippen LogP contribution in [0.25, 0.3) is 11.1 Å². The Kier molecular flexibility index (Phi) is 4.09. The van der Waals surface area contributed by atoms with E-state index in [4.69, 9.17) is 16.3 Å². The molecule has 27 heavy (non-hydrogen) atoms. The minimum absolute atomic E-state index is 0.0197. The molecule has 0 radical (unpaired) electrons. The Morgan fingerprint density at radius 3 is 2.19 bits per heavy atom. The Morgan fingerprint density at radius 1 is 0.926 bits per heavy atom. The number of esters is 1. The van der Waals surface area contributed by atoms with Gasteiger partial charge in [0, 0.05) is 4.87 Å². The fraction of sp³-hybridized carbons (Fsp3) is 0.458. The van der Waals surface area contributed by atoms with Gasteiger partial charge < -0.3 is 4.74 Å². The zero-order valence-electron chi connectivity index (χ0n) is 15.5. The minimum atomic E-state index is -0.324. The first-order valence-electron chi connectivity index (χ1n) is 10.0. The topological polar surface area (TPSA) is 26.3 Å². The maximum absolute atomic E-state index is 13.0. The summed E-state index contributed by atoms with van der Waals surface area (Å²) in [6, 6.07) is 18.6. The summed E-state index contributed by atoms with van der Waals surface area (Å²) in [5, 5.41) is 0. The molecular weight excluding hydrogens is 356 g/mol. The van der Waals surface area contributed by atoms with Crippen LogP contribution in [0.1, 0.15) is 44.1 Å². The lowest BCUT2D eigenvalue weighted by atomic mass is 9.49. The number of ether oxygens (including phenoxy) is 1. The summed E-state index contributed by atoms with van der Waals surface area (Å²) in [5.41, 5.74) is 3.08. The van der Waals surface area contributed by atoms with Crippen LogP contribution in [0.5, 0.6) is 0 Å². The summed E-state index contributed by atoms with van der Waals surface area (Å²) >= 11 is 6.85.